The van der Waals surface area contributed by atoms with Gasteiger partial charge in [0.05, 0.1) is 0 Å². The minimum atomic E-state index is -0.912. The lowest BCUT2D eigenvalue weighted by Gasteiger charge is -2.35. The summed E-state index contributed by atoms with van der Waals surface area (Å²) in [5, 5.41) is 5.80. The first-order valence-electron chi connectivity index (χ1n) is 14.2. The first kappa shape index (κ1) is 34.4. The molecule has 0 heterocycles. The number of amides is 3. The van der Waals surface area contributed by atoms with E-state index in [9.17, 15) is 14.4 Å². The van der Waals surface area contributed by atoms with Crippen molar-refractivity contribution in [1.29, 1.82) is 0 Å². The summed E-state index contributed by atoms with van der Waals surface area (Å²) in [5.74, 6) is 2.76. The molecule has 0 saturated carbocycles. The first-order chi connectivity index (χ1) is 18.6. The van der Waals surface area contributed by atoms with E-state index in [-0.39, 0.29) is 11.8 Å². The Hall–Kier alpha value is -2.66. The summed E-state index contributed by atoms with van der Waals surface area (Å²) >= 11 is 1.59. The van der Waals surface area contributed by atoms with Gasteiger partial charge in [-0.3, -0.25) is 9.59 Å². The van der Waals surface area contributed by atoms with Crippen LogP contribution in [0.5, 0.6) is 0 Å². The van der Waals surface area contributed by atoms with Crippen molar-refractivity contribution in [3.63, 3.8) is 0 Å². The number of hydrogen-bond donors (Lipinski definition) is 2. The molecule has 0 aliphatic heterocycles. The number of terminal acetylenes is 1. The molecule has 7 nitrogen and oxygen atoms in total. The van der Waals surface area contributed by atoms with Crippen LogP contribution in [-0.4, -0.2) is 59.5 Å². The number of carbonyl (C=O) groups is 3. The van der Waals surface area contributed by atoms with Crippen LogP contribution < -0.4 is 10.6 Å². The van der Waals surface area contributed by atoms with Crippen LogP contribution in [0, 0.1) is 12.3 Å². The van der Waals surface area contributed by atoms with Crippen molar-refractivity contribution in [1.82, 2.24) is 15.5 Å². The molecule has 1 aromatic carbocycles. The Labute approximate surface area is 240 Å². The molecule has 0 radical (unpaired) electrons. The summed E-state index contributed by atoms with van der Waals surface area (Å²) in [6.45, 7) is 10.4. The van der Waals surface area contributed by atoms with Crippen LogP contribution in [0.2, 0.25) is 0 Å². The van der Waals surface area contributed by atoms with Crippen molar-refractivity contribution in [3.05, 3.63) is 35.4 Å². The van der Waals surface area contributed by atoms with Crippen LogP contribution in [0.15, 0.2) is 24.3 Å². The number of hydrogen-bond acceptors (Lipinski definition) is 5. The second kappa shape index (κ2) is 18.6. The second-order valence-electron chi connectivity index (χ2n) is 10.7. The van der Waals surface area contributed by atoms with E-state index in [1.165, 1.54) is 0 Å². The predicted octanol–water partition coefficient (Wildman–Crippen LogP) is 6.07. The summed E-state index contributed by atoms with van der Waals surface area (Å²) in [5.41, 5.74) is 0.471. The first-order valence-corrected chi connectivity index (χ1v) is 15.6. The number of thioether (sulfide) groups is 1. The Bertz CT molecular complexity index is 938. The third-order valence-electron chi connectivity index (χ3n) is 6.19. The fourth-order valence-corrected chi connectivity index (χ4v) is 4.67. The fourth-order valence-electron chi connectivity index (χ4n) is 4.20. The zero-order valence-corrected chi connectivity index (χ0v) is 25.6. The van der Waals surface area contributed by atoms with E-state index >= 15 is 0 Å². The molecule has 1 aromatic rings. The summed E-state index contributed by atoms with van der Waals surface area (Å²) in [6.07, 6.45) is 14.3. The summed E-state index contributed by atoms with van der Waals surface area (Å²) in [6, 6.07) is 5.51. The molecular formula is C31H49N3O4S. The Morgan fingerprint density at radius 3 is 2.33 bits per heavy atom. The molecule has 2 N–H and O–H groups in total. The molecule has 218 valence electrons. The molecular weight excluding hydrogens is 510 g/mol. The molecule has 8 heteroatoms. The zero-order chi connectivity index (χ0) is 29.3. The summed E-state index contributed by atoms with van der Waals surface area (Å²) < 4.78 is 5.46. The maximum atomic E-state index is 14.2. The molecule has 1 rings (SSSR count). The molecule has 39 heavy (non-hydrogen) atoms. The van der Waals surface area contributed by atoms with Crippen molar-refractivity contribution in [3.8, 4) is 12.3 Å². The van der Waals surface area contributed by atoms with Gasteiger partial charge in [-0.25, -0.2) is 4.79 Å². The normalized spacial score (nSPS) is 12.6. The lowest BCUT2D eigenvalue weighted by molar-refractivity contribution is -0.142. The molecule has 3 amide bonds. The van der Waals surface area contributed by atoms with Crippen LogP contribution >= 0.6 is 11.8 Å². The molecule has 0 fully saturated rings. The van der Waals surface area contributed by atoms with Gasteiger partial charge in [-0.1, -0.05) is 70.1 Å². The number of alkyl carbamates (subject to hydrolysis) is 1. The number of carbonyl (C=O) groups excluding carboxylic acids is 3. The van der Waals surface area contributed by atoms with Crippen molar-refractivity contribution in [2.75, 3.05) is 25.1 Å². The van der Waals surface area contributed by atoms with Gasteiger partial charge in [0.15, 0.2) is 0 Å². The second-order valence-corrected chi connectivity index (χ2v) is 11.7. The van der Waals surface area contributed by atoms with Gasteiger partial charge in [0.1, 0.15) is 17.7 Å². The van der Waals surface area contributed by atoms with Gasteiger partial charge in [0.25, 0.3) is 0 Å². The topological polar surface area (TPSA) is 87.7 Å². The van der Waals surface area contributed by atoms with Crippen LogP contribution in [0.3, 0.4) is 0 Å². The molecule has 0 aromatic heterocycles. The Morgan fingerprint density at radius 1 is 1.05 bits per heavy atom. The number of benzene rings is 1. The maximum Gasteiger partial charge on any atom is 0.408 e. The van der Waals surface area contributed by atoms with E-state index in [2.05, 4.69) is 30.4 Å². The van der Waals surface area contributed by atoms with E-state index in [0.29, 0.717) is 36.4 Å². The minimum absolute atomic E-state index is 0.269. The van der Waals surface area contributed by atoms with Crippen molar-refractivity contribution in [2.24, 2.45) is 0 Å². The van der Waals surface area contributed by atoms with Gasteiger partial charge in [0.2, 0.25) is 11.8 Å². The molecule has 2 unspecified atom stereocenters. The van der Waals surface area contributed by atoms with E-state index in [1.807, 2.05) is 24.5 Å². The van der Waals surface area contributed by atoms with Crippen molar-refractivity contribution in [2.45, 2.75) is 104 Å². The van der Waals surface area contributed by atoms with E-state index in [0.717, 1.165) is 44.9 Å². The molecule has 0 saturated heterocycles. The largest absolute Gasteiger partial charge is 0.444 e. The highest BCUT2D eigenvalue weighted by Gasteiger charge is 2.36. The highest BCUT2D eigenvalue weighted by molar-refractivity contribution is 7.98. The van der Waals surface area contributed by atoms with Gasteiger partial charge in [-0.05, 0) is 63.7 Å². The Morgan fingerprint density at radius 2 is 1.72 bits per heavy atom. The molecule has 0 aliphatic carbocycles. The lowest BCUT2D eigenvalue weighted by atomic mass is 9.96. The highest BCUT2D eigenvalue weighted by atomic mass is 32.2. The van der Waals surface area contributed by atoms with Gasteiger partial charge in [-0.2, -0.15) is 11.8 Å². The maximum absolute atomic E-state index is 14.2. The van der Waals surface area contributed by atoms with Gasteiger partial charge in [-0.15, -0.1) is 6.42 Å². The average Bonchev–Trinajstić information content (AvgIpc) is 2.89. The zero-order valence-electron chi connectivity index (χ0n) is 24.8. The number of rotatable bonds is 17. The van der Waals surface area contributed by atoms with Crippen LogP contribution in [0.1, 0.15) is 103 Å². The van der Waals surface area contributed by atoms with E-state index in [1.54, 1.807) is 43.5 Å². The number of nitrogens with zero attached hydrogens (tertiary/aromatic N) is 1. The fraction of sp³-hybridized carbons (Fsp3) is 0.645. The summed E-state index contributed by atoms with van der Waals surface area (Å²) in [4.78, 5) is 42.3. The standard InChI is InChI=1S/C31H49N3O4S/c1-8-11-13-14-17-22-34(29(36)26(20-23-39-7)33-30(37)38-31(4,5)6)27(28(35)32-21-12-9-2)25-19-16-15-18-24(25)10-3/h3,15-16,18-19,26-27H,8-9,11-14,17,20-23H2,1-2,4-7H3,(H,32,35)(H,33,37). The third-order valence-corrected chi connectivity index (χ3v) is 6.83. The Balaban J connectivity index is 3.49. The quantitative estimate of drug-likeness (QED) is 0.179. The average molecular weight is 560 g/mol. The van der Waals surface area contributed by atoms with Crippen LogP contribution in [0.25, 0.3) is 0 Å². The van der Waals surface area contributed by atoms with E-state index < -0.39 is 23.8 Å². The minimum Gasteiger partial charge on any atom is -0.444 e. The van der Waals surface area contributed by atoms with Gasteiger partial charge >= 0.3 is 6.09 Å². The number of nitrogens with one attached hydrogen (secondary N) is 2. The lowest BCUT2D eigenvalue weighted by Crippen LogP contribution is -2.53. The SMILES string of the molecule is C#Cc1ccccc1C(C(=O)NCCCC)N(CCCCCCC)C(=O)C(CCSC)NC(=O)OC(C)(C)C. The van der Waals surface area contributed by atoms with Crippen molar-refractivity contribution >= 4 is 29.7 Å². The van der Waals surface area contributed by atoms with Gasteiger partial charge < -0.3 is 20.3 Å². The third kappa shape index (κ3) is 12.8. The molecule has 2 atom stereocenters. The monoisotopic (exact) mass is 559 g/mol. The predicted molar refractivity (Wildman–Crippen MR) is 162 cm³/mol. The van der Waals surface area contributed by atoms with Crippen LogP contribution in [-0.2, 0) is 14.3 Å². The van der Waals surface area contributed by atoms with Gasteiger partial charge in [0, 0.05) is 18.7 Å². The number of ether oxygens (including phenoxy) is 1. The number of unbranched alkanes of at least 4 members (excludes halogenated alkanes) is 5. The van der Waals surface area contributed by atoms with Crippen molar-refractivity contribution < 1.29 is 19.1 Å². The van der Waals surface area contributed by atoms with E-state index in [4.69, 9.17) is 11.2 Å². The molecule has 0 spiro atoms. The highest BCUT2D eigenvalue weighted by Crippen LogP contribution is 2.27. The summed E-state index contributed by atoms with van der Waals surface area (Å²) in [7, 11) is 0. The Kier molecular flexibility index (Phi) is 16.4. The van der Waals surface area contributed by atoms with Crippen LogP contribution in [0.4, 0.5) is 4.79 Å². The molecule has 0 bridgehead atoms. The smallest absolute Gasteiger partial charge is 0.408 e. The molecule has 0 aliphatic rings.